The number of aromatic nitrogens is 4. The SMILES string of the molecule is CON(C)C/C=C/C(=O)N(C)[C@H]1CC[C@@H](n2c(=O)n(-c3ccc(Oc4ccccc4)cc3)c3c(N)ncnc32)CC1. The third kappa shape index (κ3) is 6.01. The maximum atomic E-state index is 13.9. The summed E-state index contributed by atoms with van der Waals surface area (Å²) in [4.78, 5) is 42.1. The van der Waals surface area contributed by atoms with Crippen LogP contribution in [0.5, 0.6) is 11.5 Å². The Labute approximate surface area is 238 Å². The summed E-state index contributed by atoms with van der Waals surface area (Å²) in [5.74, 6) is 1.56. The maximum absolute atomic E-state index is 13.9. The quantitative estimate of drug-likeness (QED) is 0.243. The van der Waals surface area contributed by atoms with Crippen molar-refractivity contribution in [3.63, 3.8) is 0 Å². The molecule has 11 heteroatoms. The predicted octanol–water partition coefficient (Wildman–Crippen LogP) is 3.95. The first-order valence-corrected chi connectivity index (χ1v) is 13.6. The van der Waals surface area contributed by atoms with Gasteiger partial charge in [-0.3, -0.25) is 13.9 Å². The number of nitrogens with two attached hydrogens (primary N) is 1. The summed E-state index contributed by atoms with van der Waals surface area (Å²) in [5, 5.41) is 1.63. The number of imidazole rings is 1. The third-order valence-corrected chi connectivity index (χ3v) is 7.62. The summed E-state index contributed by atoms with van der Waals surface area (Å²) in [6.07, 6.45) is 7.74. The minimum atomic E-state index is -0.220. The van der Waals surface area contributed by atoms with E-state index in [1.807, 2.05) is 61.6 Å². The van der Waals surface area contributed by atoms with Gasteiger partial charge in [0, 0.05) is 38.8 Å². The highest BCUT2D eigenvalue weighted by atomic mass is 16.7. The van der Waals surface area contributed by atoms with Crippen LogP contribution < -0.4 is 16.2 Å². The summed E-state index contributed by atoms with van der Waals surface area (Å²) in [6, 6.07) is 16.8. The molecule has 2 aromatic carbocycles. The summed E-state index contributed by atoms with van der Waals surface area (Å²) >= 11 is 0. The molecule has 214 valence electrons. The minimum absolute atomic E-state index is 0.0491. The van der Waals surface area contributed by atoms with Crippen molar-refractivity contribution in [2.24, 2.45) is 0 Å². The molecule has 0 atom stereocenters. The van der Waals surface area contributed by atoms with E-state index in [1.54, 1.807) is 45.4 Å². The van der Waals surface area contributed by atoms with Gasteiger partial charge in [-0.2, -0.15) is 5.06 Å². The fourth-order valence-electron chi connectivity index (χ4n) is 5.30. The number of likely N-dealkylation sites (N-methyl/N-ethyl adjacent to an activating group) is 2. The Morgan fingerprint density at radius 2 is 1.71 bits per heavy atom. The highest BCUT2D eigenvalue weighted by Gasteiger charge is 2.30. The van der Waals surface area contributed by atoms with Gasteiger partial charge in [0.25, 0.3) is 0 Å². The minimum Gasteiger partial charge on any atom is -0.457 e. The van der Waals surface area contributed by atoms with Crippen molar-refractivity contribution in [2.45, 2.75) is 37.8 Å². The second-order valence-corrected chi connectivity index (χ2v) is 10.1. The van der Waals surface area contributed by atoms with Gasteiger partial charge in [-0.25, -0.2) is 14.8 Å². The normalized spacial score (nSPS) is 17.4. The topological polar surface area (TPSA) is 121 Å². The van der Waals surface area contributed by atoms with Crippen LogP contribution in [0.2, 0.25) is 0 Å². The van der Waals surface area contributed by atoms with Crippen LogP contribution in [-0.4, -0.2) is 68.8 Å². The number of anilines is 1. The Bertz CT molecular complexity index is 1570. The monoisotopic (exact) mass is 557 g/mol. The van der Waals surface area contributed by atoms with Crippen LogP contribution in [0.4, 0.5) is 5.82 Å². The summed E-state index contributed by atoms with van der Waals surface area (Å²) in [6.45, 7) is 0.517. The van der Waals surface area contributed by atoms with Crippen molar-refractivity contribution >= 4 is 22.9 Å². The zero-order chi connectivity index (χ0) is 28.9. The predicted molar refractivity (Wildman–Crippen MR) is 157 cm³/mol. The molecule has 1 fully saturated rings. The van der Waals surface area contributed by atoms with Gasteiger partial charge in [-0.05, 0) is 62.1 Å². The average Bonchev–Trinajstić information content (AvgIpc) is 3.30. The molecule has 1 amide bonds. The number of amides is 1. The number of hydroxylamine groups is 2. The maximum Gasteiger partial charge on any atom is 0.335 e. The van der Waals surface area contributed by atoms with E-state index in [0.29, 0.717) is 29.1 Å². The molecule has 11 nitrogen and oxygen atoms in total. The molecule has 1 aliphatic carbocycles. The van der Waals surface area contributed by atoms with E-state index in [9.17, 15) is 9.59 Å². The van der Waals surface area contributed by atoms with Crippen LogP contribution in [0.1, 0.15) is 31.7 Å². The molecular weight excluding hydrogens is 522 g/mol. The number of rotatable bonds is 9. The van der Waals surface area contributed by atoms with Gasteiger partial charge in [0.15, 0.2) is 11.5 Å². The number of hydrogen-bond acceptors (Lipinski definition) is 8. The van der Waals surface area contributed by atoms with E-state index < -0.39 is 0 Å². The van der Waals surface area contributed by atoms with Gasteiger partial charge in [-0.1, -0.05) is 24.3 Å². The number of nitrogens with zero attached hydrogens (tertiary/aromatic N) is 6. The van der Waals surface area contributed by atoms with Crippen LogP contribution in [0.25, 0.3) is 16.9 Å². The van der Waals surface area contributed by atoms with Gasteiger partial charge in [0.1, 0.15) is 23.3 Å². The average molecular weight is 558 g/mol. The Morgan fingerprint density at radius 1 is 1.02 bits per heavy atom. The van der Waals surface area contributed by atoms with Crippen molar-refractivity contribution in [1.82, 2.24) is 29.1 Å². The molecule has 0 unspecified atom stereocenters. The third-order valence-electron chi connectivity index (χ3n) is 7.62. The van der Waals surface area contributed by atoms with E-state index in [0.717, 1.165) is 31.4 Å². The first-order chi connectivity index (χ1) is 19.9. The van der Waals surface area contributed by atoms with Crippen LogP contribution >= 0.6 is 0 Å². The Kier molecular flexibility index (Phi) is 8.46. The van der Waals surface area contributed by atoms with Crippen LogP contribution in [0, 0.1) is 0 Å². The highest BCUT2D eigenvalue weighted by Crippen LogP contribution is 2.33. The van der Waals surface area contributed by atoms with Gasteiger partial charge >= 0.3 is 5.69 Å². The standard InChI is InChI=1S/C30H35N7O4/c1-34(40-3)19-7-10-26(38)35(2)21-11-13-23(14-12-21)37-29-27(28(31)32-20-33-29)36(30(37)39)22-15-17-25(18-16-22)41-24-8-5-4-6-9-24/h4-10,15-18,20-21,23H,11-14,19H2,1-3H3,(H2,31,32,33)/b10-7+/t21-,23+. The van der Waals surface area contributed by atoms with Crippen molar-refractivity contribution in [3.05, 3.63) is 83.6 Å². The number of benzene rings is 2. The van der Waals surface area contributed by atoms with Gasteiger partial charge < -0.3 is 20.2 Å². The van der Waals surface area contributed by atoms with E-state index in [1.165, 1.54) is 6.33 Å². The second-order valence-electron chi connectivity index (χ2n) is 10.1. The van der Waals surface area contributed by atoms with E-state index in [-0.39, 0.29) is 29.5 Å². The first-order valence-electron chi connectivity index (χ1n) is 13.6. The zero-order valence-electron chi connectivity index (χ0n) is 23.5. The largest absolute Gasteiger partial charge is 0.457 e. The number of fused-ring (bicyclic) bond motifs is 1. The number of nitrogen functional groups attached to an aromatic ring is 1. The molecule has 0 aliphatic heterocycles. The molecule has 0 bridgehead atoms. The molecule has 0 radical (unpaired) electrons. The summed E-state index contributed by atoms with van der Waals surface area (Å²) in [7, 11) is 5.21. The summed E-state index contributed by atoms with van der Waals surface area (Å²) in [5.41, 5.74) is 7.70. The molecule has 4 aromatic rings. The Morgan fingerprint density at radius 3 is 2.39 bits per heavy atom. The van der Waals surface area contributed by atoms with Gasteiger partial charge in [0.2, 0.25) is 5.91 Å². The lowest BCUT2D eigenvalue weighted by Gasteiger charge is -2.34. The molecule has 2 N–H and O–H groups in total. The molecule has 2 heterocycles. The molecular formula is C30H35N7O4. The molecule has 41 heavy (non-hydrogen) atoms. The van der Waals surface area contributed by atoms with Crippen LogP contribution in [-0.2, 0) is 9.63 Å². The molecule has 1 aliphatic rings. The Hall–Kier alpha value is -4.48. The van der Waals surface area contributed by atoms with E-state index in [4.69, 9.17) is 15.3 Å². The molecule has 0 spiro atoms. The number of ether oxygens (including phenoxy) is 1. The lowest BCUT2D eigenvalue weighted by Crippen LogP contribution is -2.40. The number of carbonyl (C=O) groups excluding carboxylic acids is 1. The van der Waals surface area contributed by atoms with Crippen molar-refractivity contribution in [3.8, 4) is 17.2 Å². The smallest absolute Gasteiger partial charge is 0.335 e. The van der Waals surface area contributed by atoms with Crippen LogP contribution in [0.3, 0.4) is 0 Å². The lowest BCUT2D eigenvalue weighted by molar-refractivity contribution is -0.127. The molecule has 1 saturated carbocycles. The van der Waals surface area contributed by atoms with Crippen molar-refractivity contribution < 1.29 is 14.4 Å². The zero-order valence-corrected chi connectivity index (χ0v) is 23.5. The van der Waals surface area contributed by atoms with Crippen molar-refractivity contribution in [2.75, 3.05) is 33.5 Å². The molecule has 5 rings (SSSR count). The van der Waals surface area contributed by atoms with Crippen molar-refractivity contribution in [1.29, 1.82) is 0 Å². The van der Waals surface area contributed by atoms with E-state index in [2.05, 4.69) is 9.97 Å². The first kappa shape index (κ1) is 28.1. The van der Waals surface area contributed by atoms with Gasteiger partial charge in [0.05, 0.1) is 12.8 Å². The number of carbonyl (C=O) groups is 1. The lowest BCUT2D eigenvalue weighted by atomic mass is 9.90. The summed E-state index contributed by atoms with van der Waals surface area (Å²) < 4.78 is 9.22. The highest BCUT2D eigenvalue weighted by molar-refractivity contribution is 5.87. The number of para-hydroxylation sites is 1. The molecule has 2 aromatic heterocycles. The van der Waals surface area contributed by atoms with Crippen LogP contribution in [0.15, 0.2) is 77.9 Å². The fraction of sp³-hybridized carbons (Fsp3) is 0.333. The van der Waals surface area contributed by atoms with Gasteiger partial charge in [-0.15, -0.1) is 0 Å². The second kappa shape index (κ2) is 12.4. The fourth-order valence-corrected chi connectivity index (χ4v) is 5.30. The van der Waals surface area contributed by atoms with E-state index >= 15 is 0 Å². The molecule has 0 saturated heterocycles. The number of hydrogen-bond donors (Lipinski definition) is 1. The Balaban J connectivity index is 1.36.